The summed E-state index contributed by atoms with van der Waals surface area (Å²) in [6, 6.07) is 24.4. The fraction of sp³-hybridized carbons (Fsp3) is 0.0690. The summed E-state index contributed by atoms with van der Waals surface area (Å²) in [6.07, 6.45) is 0.625. The Kier molecular flexibility index (Phi) is 5.27. The Morgan fingerprint density at radius 1 is 0.730 bits per heavy atom. The molecule has 1 N–H and O–H groups in total. The minimum absolute atomic E-state index is 0.0136. The molecule has 0 fully saturated rings. The monoisotopic (exact) mass is 508 g/mol. The lowest BCUT2D eigenvalue weighted by atomic mass is 9.84. The third kappa shape index (κ3) is 3.73. The zero-order chi connectivity index (χ0) is 25.7. The third-order valence-corrected chi connectivity index (χ3v) is 8.52. The van der Waals surface area contributed by atoms with Crippen molar-refractivity contribution in [2.75, 3.05) is 16.2 Å². The van der Waals surface area contributed by atoms with Gasteiger partial charge in [0.05, 0.1) is 10.6 Å². The van der Waals surface area contributed by atoms with Crippen molar-refractivity contribution in [3.8, 4) is 0 Å². The quantitative estimate of drug-likeness (QED) is 0.386. The molecule has 1 heterocycles. The number of hydrogen-bond acceptors (Lipinski definition) is 5. The molecule has 4 aromatic carbocycles. The summed E-state index contributed by atoms with van der Waals surface area (Å²) in [4.78, 5) is 38.9. The number of nitrogens with one attached hydrogen (secondary N) is 1. The molecule has 2 aliphatic rings. The topological polar surface area (TPSA) is 101 Å². The van der Waals surface area contributed by atoms with Crippen molar-refractivity contribution in [2.45, 2.75) is 11.3 Å². The molecule has 0 unspecified atom stereocenters. The van der Waals surface area contributed by atoms with E-state index < -0.39 is 15.9 Å². The van der Waals surface area contributed by atoms with E-state index in [1.54, 1.807) is 42.5 Å². The predicted molar refractivity (Wildman–Crippen MR) is 139 cm³/mol. The van der Waals surface area contributed by atoms with Crippen molar-refractivity contribution in [3.05, 3.63) is 124 Å². The van der Waals surface area contributed by atoms with Gasteiger partial charge in [-0.2, -0.15) is 0 Å². The van der Waals surface area contributed by atoms with Crippen LogP contribution in [0, 0.1) is 0 Å². The van der Waals surface area contributed by atoms with E-state index >= 15 is 0 Å². The lowest BCUT2D eigenvalue weighted by Crippen LogP contribution is -2.29. The number of amides is 1. The van der Waals surface area contributed by atoms with Crippen molar-refractivity contribution in [1.82, 2.24) is 0 Å². The molecular formula is C29H20N2O5S. The number of rotatable bonds is 4. The predicted octanol–water partition coefficient (Wildman–Crippen LogP) is 4.47. The molecule has 37 heavy (non-hydrogen) atoms. The van der Waals surface area contributed by atoms with Crippen molar-refractivity contribution in [3.63, 3.8) is 0 Å². The van der Waals surface area contributed by atoms with Gasteiger partial charge in [-0.1, -0.05) is 48.5 Å². The number of anilines is 2. The normalized spacial score (nSPS) is 14.1. The first kappa shape index (κ1) is 22.9. The van der Waals surface area contributed by atoms with Crippen molar-refractivity contribution in [1.29, 1.82) is 0 Å². The van der Waals surface area contributed by atoms with Gasteiger partial charge in [-0.3, -0.25) is 18.7 Å². The van der Waals surface area contributed by atoms with Crippen LogP contribution in [0.4, 0.5) is 11.4 Å². The van der Waals surface area contributed by atoms with Crippen LogP contribution in [0.1, 0.15) is 47.8 Å². The molecule has 7 nitrogen and oxygen atoms in total. The van der Waals surface area contributed by atoms with Gasteiger partial charge in [-0.15, -0.1) is 0 Å². The zero-order valence-corrected chi connectivity index (χ0v) is 20.3. The Balaban J connectivity index is 1.27. The molecule has 0 spiro atoms. The summed E-state index contributed by atoms with van der Waals surface area (Å²) < 4.78 is 28.1. The number of nitrogens with zero attached hydrogens (tertiary/aromatic N) is 1. The fourth-order valence-corrected chi connectivity index (χ4v) is 6.41. The van der Waals surface area contributed by atoms with E-state index in [0.717, 1.165) is 5.56 Å². The Morgan fingerprint density at radius 2 is 1.41 bits per heavy atom. The number of carbonyl (C=O) groups is 3. The molecule has 8 heteroatoms. The molecule has 0 bridgehead atoms. The van der Waals surface area contributed by atoms with Crippen LogP contribution < -0.4 is 9.62 Å². The van der Waals surface area contributed by atoms with Gasteiger partial charge in [0.1, 0.15) is 0 Å². The number of benzene rings is 4. The maximum atomic E-state index is 13.4. The average molecular weight is 509 g/mol. The van der Waals surface area contributed by atoms with Gasteiger partial charge in [0.2, 0.25) is 0 Å². The van der Waals surface area contributed by atoms with E-state index in [0.29, 0.717) is 35.5 Å². The molecule has 1 aliphatic carbocycles. The highest BCUT2D eigenvalue weighted by molar-refractivity contribution is 7.92. The molecule has 182 valence electrons. The second-order valence-corrected chi connectivity index (χ2v) is 10.8. The summed E-state index contributed by atoms with van der Waals surface area (Å²) >= 11 is 0. The Labute approximate surface area is 213 Å². The number of fused-ring (bicyclic) bond motifs is 3. The van der Waals surface area contributed by atoms with Crippen molar-refractivity contribution < 1.29 is 22.8 Å². The minimum atomic E-state index is -3.86. The van der Waals surface area contributed by atoms with E-state index in [-0.39, 0.29) is 33.2 Å². The lowest BCUT2D eigenvalue weighted by Gasteiger charge is -2.20. The van der Waals surface area contributed by atoms with Gasteiger partial charge in [0.15, 0.2) is 11.6 Å². The van der Waals surface area contributed by atoms with E-state index in [1.807, 2.05) is 12.1 Å². The SMILES string of the molecule is O=C(Nc1ccc2c(c1)C(=O)c1ccccc1C2=O)c1cccc(S(=O)(=O)N2CCc3ccccc32)c1. The minimum Gasteiger partial charge on any atom is -0.322 e. The molecule has 0 saturated heterocycles. The number of sulfonamides is 1. The molecule has 0 radical (unpaired) electrons. The molecule has 0 atom stereocenters. The van der Waals surface area contributed by atoms with Crippen molar-refractivity contribution in [2.24, 2.45) is 0 Å². The summed E-state index contributed by atoms with van der Waals surface area (Å²) in [7, 11) is -3.86. The van der Waals surface area contributed by atoms with Crippen LogP contribution in [0.5, 0.6) is 0 Å². The second-order valence-electron chi connectivity index (χ2n) is 8.90. The highest BCUT2D eigenvalue weighted by atomic mass is 32.2. The number of hydrogen-bond donors (Lipinski definition) is 1. The zero-order valence-electron chi connectivity index (χ0n) is 19.5. The van der Waals surface area contributed by atoms with Crippen LogP contribution in [-0.2, 0) is 16.4 Å². The van der Waals surface area contributed by atoms with E-state index in [9.17, 15) is 22.8 Å². The summed E-state index contributed by atoms with van der Waals surface area (Å²) in [5.74, 6) is -1.07. The average Bonchev–Trinajstić information content (AvgIpc) is 3.37. The van der Waals surface area contributed by atoms with Crippen LogP contribution in [0.15, 0.2) is 95.9 Å². The van der Waals surface area contributed by atoms with E-state index in [2.05, 4.69) is 5.32 Å². The Morgan fingerprint density at radius 3 is 2.19 bits per heavy atom. The molecule has 4 aromatic rings. The third-order valence-electron chi connectivity index (χ3n) is 6.71. The van der Waals surface area contributed by atoms with Gasteiger partial charge >= 0.3 is 0 Å². The fourth-order valence-electron chi connectivity index (χ4n) is 4.86. The standard InChI is InChI=1S/C29H20N2O5S/c32-27-22-9-2-3-10-23(22)28(33)25-17-20(12-13-24(25)27)30-29(34)19-7-5-8-21(16-19)37(35,36)31-15-14-18-6-1-4-11-26(18)31/h1-13,16-17H,14-15H2,(H,30,34). The highest BCUT2D eigenvalue weighted by Gasteiger charge is 2.32. The van der Waals surface area contributed by atoms with Crippen LogP contribution in [0.2, 0.25) is 0 Å². The maximum Gasteiger partial charge on any atom is 0.264 e. The largest absolute Gasteiger partial charge is 0.322 e. The van der Waals surface area contributed by atoms with Gasteiger partial charge < -0.3 is 5.32 Å². The molecule has 0 saturated carbocycles. The van der Waals surface area contributed by atoms with Gasteiger partial charge in [0, 0.05) is 40.0 Å². The summed E-state index contributed by atoms with van der Waals surface area (Å²) in [6.45, 7) is 0.336. The van der Waals surface area contributed by atoms with Crippen LogP contribution in [0.25, 0.3) is 0 Å². The van der Waals surface area contributed by atoms with Crippen LogP contribution in [-0.4, -0.2) is 32.4 Å². The van der Waals surface area contributed by atoms with E-state index in [1.165, 1.54) is 40.7 Å². The van der Waals surface area contributed by atoms with Gasteiger partial charge in [-0.25, -0.2) is 8.42 Å². The van der Waals surface area contributed by atoms with Crippen LogP contribution in [0.3, 0.4) is 0 Å². The first-order valence-corrected chi connectivity index (χ1v) is 13.1. The highest BCUT2D eigenvalue weighted by Crippen LogP contribution is 2.33. The van der Waals surface area contributed by atoms with E-state index in [4.69, 9.17) is 0 Å². The molecule has 1 amide bonds. The smallest absolute Gasteiger partial charge is 0.264 e. The first-order valence-electron chi connectivity index (χ1n) is 11.7. The summed E-state index contributed by atoms with van der Waals surface area (Å²) in [5.41, 5.74) is 3.26. The van der Waals surface area contributed by atoms with Gasteiger partial charge in [-0.05, 0) is 54.4 Å². The first-order chi connectivity index (χ1) is 17.8. The molecule has 6 rings (SSSR count). The number of carbonyl (C=O) groups excluding carboxylic acids is 3. The molecule has 0 aromatic heterocycles. The lowest BCUT2D eigenvalue weighted by molar-refractivity contribution is 0.0979. The maximum absolute atomic E-state index is 13.4. The summed E-state index contributed by atoms with van der Waals surface area (Å²) in [5, 5.41) is 2.72. The Bertz CT molecular complexity index is 1740. The Hall–Kier alpha value is -4.56. The van der Waals surface area contributed by atoms with Crippen LogP contribution >= 0.6 is 0 Å². The molecule has 1 aliphatic heterocycles. The number of ketones is 2. The molecular weight excluding hydrogens is 488 g/mol. The second kappa shape index (κ2) is 8.53. The van der Waals surface area contributed by atoms with Crippen molar-refractivity contribution >= 4 is 38.9 Å². The van der Waals surface area contributed by atoms with Gasteiger partial charge in [0.25, 0.3) is 15.9 Å². The number of para-hydroxylation sites is 1.